The Hall–Kier alpha value is -1.02. The molecule has 1 unspecified atom stereocenters. The number of hydrogen-bond acceptors (Lipinski definition) is 2. The highest BCUT2D eigenvalue weighted by atomic mass is 16.5. The van der Waals surface area contributed by atoms with Gasteiger partial charge in [0, 0.05) is 0 Å². The monoisotopic (exact) mass is 233 g/mol. The molecule has 1 fully saturated rings. The zero-order chi connectivity index (χ0) is 12.1. The van der Waals surface area contributed by atoms with Crippen LogP contribution >= 0.6 is 0 Å². The van der Waals surface area contributed by atoms with Crippen molar-refractivity contribution >= 4 is 0 Å². The van der Waals surface area contributed by atoms with E-state index in [9.17, 15) is 0 Å². The van der Waals surface area contributed by atoms with E-state index in [-0.39, 0.29) is 0 Å². The minimum absolute atomic E-state index is 0.779. The van der Waals surface area contributed by atoms with Gasteiger partial charge in [-0.3, -0.25) is 0 Å². The molecule has 17 heavy (non-hydrogen) atoms. The van der Waals surface area contributed by atoms with Gasteiger partial charge in [-0.05, 0) is 49.5 Å². The van der Waals surface area contributed by atoms with Gasteiger partial charge in [-0.15, -0.1) is 0 Å². The molecule has 0 saturated heterocycles. The lowest BCUT2D eigenvalue weighted by Crippen LogP contribution is -2.31. The fourth-order valence-corrected chi connectivity index (χ4v) is 2.68. The third kappa shape index (κ3) is 3.22. The summed E-state index contributed by atoms with van der Waals surface area (Å²) in [5, 5.41) is 3.33. The van der Waals surface area contributed by atoms with Crippen molar-refractivity contribution in [2.45, 2.75) is 25.7 Å². The molecule has 0 bridgehead atoms. The Morgan fingerprint density at radius 2 is 2.24 bits per heavy atom. The lowest BCUT2D eigenvalue weighted by molar-refractivity contribution is 0.202. The number of rotatable bonds is 6. The van der Waals surface area contributed by atoms with Gasteiger partial charge in [-0.25, -0.2) is 0 Å². The molecule has 0 heterocycles. The maximum Gasteiger partial charge on any atom is 0.119 e. The van der Waals surface area contributed by atoms with Crippen LogP contribution in [-0.2, 0) is 6.42 Å². The van der Waals surface area contributed by atoms with Crippen molar-refractivity contribution in [2.75, 3.05) is 20.7 Å². The normalized spacial score (nSPS) is 17.5. The maximum absolute atomic E-state index is 5.28. The Morgan fingerprint density at radius 1 is 1.41 bits per heavy atom. The van der Waals surface area contributed by atoms with Crippen LogP contribution in [0.15, 0.2) is 24.3 Å². The molecule has 1 aromatic rings. The van der Waals surface area contributed by atoms with Crippen LogP contribution in [0.25, 0.3) is 0 Å². The van der Waals surface area contributed by atoms with Crippen molar-refractivity contribution in [3.05, 3.63) is 29.8 Å². The molecule has 1 N–H and O–H groups in total. The summed E-state index contributed by atoms with van der Waals surface area (Å²) in [5.74, 6) is 2.67. The molecule has 1 saturated carbocycles. The van der Waals surface area contributed by atoms with Crippen molar-refractivity contribution in [2.24, 2.45) is 11.8 Å². The Morgan fingerprint density at radius 3 is 2.82 bits per heavy atom. The molecule has 1 aromatic carbocycles. The molecule has 2 nitrogen and oxygen atoms in total. The fraction of sp³-hybridized carbons (Fsp3) is 0.600. The van der Waals surface area contributed by atoms with E-state index in [1.165, 1.54) is 31.2 Å². The van der Waals surface area contributed by atoms with Gasteiger partial charge >= 0.3 is 0 Å². The first kappa shape index (κ1) is 12.4. The van der Waals surface area contributed by atoms with Crippen LogP contribution in [-0.4, -0.2) is 20.7 Å². The predicted octanol–water partition coefficient (Wildman–Crippen LogP) is 2.87. The summed E-state index contributed by atoms with van der Waals surface area (Å²) in [5.41, 5.74) is 1.40. The van der Waals surface area contributed by atoms with Crippen LogP contribution in [0.1, 0.15) is 24.8 Å². The van der Waals surface area contributed by atoms with E-state index < -0.39 is 0 Å². The molecular weight excluding hydrogens is 210 g/mol. The van der Waals surface area contributed by atoms with E-state index in [2.05, 4.69) is 30.6 Å². The zero-order valence-corrected chi connectivity index (χ0v) is 10.9. The Bertz CT molecular complexity index is 347. The van der Waals surface area contributed by atoms with E-state index in [4.69, 9.17) is 4.74 Å². The van der Waals surface area contributed by atoms with Crippen molar-refractivity contribution in [1.29, 1.82) is 0 Å². The average Bonchev–Trinajstić information content (AvgIpc) is 2.27. The first-order valence-corrected chi connectivity index (χ1v) is 6.61. The molecule has 0 aliphatic heterocycles. The molecule has 0 spiro atoms. The van der Waals surface area contributed by atoms with Crippen LogP contribution < -0.4 is 10.1 Å². The van der Waals surface area contributed by atoms with Crippen LogP contribution in [0.2, 0.25) is 0 Å². The van der Waals surface area contributed by atoms with Gasteiger partial charge in [-0.2, -0.15) is 0 Å². The molecule has 1 atom stereocenters. The molecule has 0 amide bonds. The first-order valence-electron chi connectivity index (χ1n) is 6.61. The second-order valence-corrected chi connectivity index (χ2v) is 5.06. The maximum atomic E-state index is 5.28. The quantitative estimate of drug-likeness (QED) is 0.815. The topological polar surface area (TPSA) is 21.3 Å². The largest absolute Gasteiger partial charge is 0.497 e. The predicted molar refractivity (Wildman–Crippen MR) is 71.5 cm³/mol. The van der Waals surface area contributed by atoms with Crippen LogP contribution in [0.4, 0.5) is 0 Å². The summed E-state index contributed by atoms with van der Waals surface area (Å²) < 4.78 is 5.28. The summed E-state index contributed by atoms with van der Waals surface area (Å²) in [6.45, 7) is 1.13. The van der Waals surface area contributed by atoms with Gasteiger partial charge in [0.15, 0.2) is 0 Å². The second kappa shape index (κ2) is 6.06. The summed E-state index contributed by atoms with van der Waals surface area (Å²) in [6.07, 6.45) is 5.42. The van der Waals surface area contributed by atoms with Crippen molar-refractivity contribution in [1.82, 2.24) is 5.32 Å². The van der Waals surface area contributed by atoms with Crippen molar-refractivity contribution in [3.63, 3.8) is 0 Å². The minimum Gasteiger partial charge on any atom is -0.497 e. The van der Waals surface area contributed by atoms with Gasteiger partial charge in [-0.1, -0.05) is 31.4 Å². The third-order valence-corrected chi connectivity index (χ3v) is 3.91. The van der Waals surface area contributed by atoms with Crippen LogP contribution in [0, 0.1) is 11.8 Å². The standard InChI is InChI=1S/C15H23NO/c1-16-11-14(13-6-4-7-13)9-12-5-3-8-15(10-12)17-2/h3,5,8,10,13-14,16H,4,6-7,9,11H2,1-2H3. The molecule has 94 valence electrons. The number of ether oxygens (including phenoxy) is 1. The highest BCUT2D eigenvalue weighted by molar-refractivity contribution is 5.28. The number of methoxy groups -OCH3 is 1. The SMILES string of the molecule is CNCC(Cc1cccc(OC)c1)C1CCC1. The minimum atomic E-state index is 0.779. The van der Waals surface area contributed by atoms with Crippen molar-refractivity contribution in [3.8, 4) is 5.75 Å². The molecule has 0 aromatic heterocycles. The highest BCUT2D eigenvalue weighted by Gasteiger charge is 2.26. The van der Waals surface area contributed by atoms with E-state index in [1.54, 1.807) is 7.11 Å². The Balaban J connectivity index is 2.00. The van der Waals surface area contributed by atoms with Crippen LogP contribution in [0.3, 0.4) is 0 Å². The van der Waals surface area contributed by atoms with Gasteiger partial charge in [0.2, 0.25) is 0 Å². The third-order valence-electron chi connectivity index (χ3n) is 3.91. The Kier molecular flexibility index (Phi) is 4.43. The fourth-order valence-electron chi connectivity index (χ4n) is 2.68. The van der Waals surface area contributed by atoms with E-state index in [1.807, 2.05) is 6.07 Å². The molecule has 2 rings (SSSR count). The highest BCUT2D eigenvalue weighted by Crippen LogP contribution is 2.35. The molecule has 1 aliphatic rings. The smallest absolute Gasteiger partial charge is 0.119 e. The van der Waals surface area contributed by atoms with E-state index >= 15 is 0 Å². The second-order valence-electron chi connectivity index (χ2n) is 5.06. The van der Waals surface area contributed by atoms with Gasteiger partial charge < -0.3 is 10.1 Å². The summed E-state index contributed by atoms with van der Waals surface area (Å²) in [4.78, 5) is 0. The average molecular weight is 233 g/mol. The zero-order valence-electron chi connectivity index (χ0n) is 10.9. The summed E-state index contributed by atoms with van der Waals surface area (Å²) in [6, 6.07) is 8.48. The molecule has 1 aliphatic carbocycles. The first-order chi connectivity index (χ1) is 8.33. The molecule has 0 radical (unpaired) electrons. The van der Waals surface area contributed by atoms with E-state index in [0.717, 1.165) is 24.1 Å². The van der Waals surface area contributed by atoms with Gasteiger partial charge in [0.25, 0.3) is 0 Å². The number of hydrogen-bond donors (Lipinski definition) is 1. The number of nitrogens with one attached hydrogen (secondary N) is 1. The van der Waals surface area contributed by atoms with Crippen molar-refractivity contribution < 1.29 is 4.74 Å². The lowest BCUT2D eigenvalue weighted by atomic mass is 9.73. The number of benzene rings is 1. The van der Waals surface area contributed by atoms with E-state index in [0.29, 0.717) is 0 Å². The Labute approximate surface area is 104 Å². The van der Waals surface area contributed by atoms with Gasteiger partial charge in [0.1, 0.15) is 5.75 Å². The molecule has 2 heteroatoms. The summed E-state index contributed by atoms with van der Waals surface area (Å²) in [7, 11) is 3.79. The summed E-state index contributed by atoms with van der Waals surface area (Å²) >= 11 is 0. The lowest BCUT2D eigenvalue weighted by Gasteiger charge is -2.34. The molecular formula is C15H23NO. The van der Waals surface area contributed by atoms with Gasteiger partial charge in [0.05, 0.1) is 7.11 Å². The van der Waals surface area contributed by atoms with Crippen LogP contribution in [0.5, 0.6) is 5.75 Å².